The molecule has 4 N–H and O–H groups in total. The predicted molar refractivity (Wildman–Crippen MR) is 84.6 cm³/mol. The van der Waals surface area contributed by atoms with Crippen LogP contribution in [0.2, 0.25) is 10.0 Å². The molecular weight excluding hydrogens is 311 g/mol. The van der Waals surface area contributed by atoms with Gasteiger partial charge in [-0.3, -0.25) is 4.79 Å². The predicted octanol–water partition coefficient (Wildman–Crippen LogP) is 3.04. The topological polar surface area (TPSA) is 75.4 Å². The molecule has 6 heteroatoms. The van der Waals surface area contributed by atoms with E-state index in [0.29, 0.717) is 5.56 Å². The Balaban J connectivity index is 2.02. The quantitative estimate of drug-likeness (QED) is 0.756. The van der Waals surface area contributed by atoms with Crippen LogP contribution in [0.4, 0.5) is 5.69 Å². The first-order valence-electron chi connectivity index (χ1n) is 6.24. The fraction of sp³-hybridized carbons (Fsp3) is 0.133. The molecule has 0 aromatic heterocycles. The molecule has 1 unspecified atom stereocenters. The maximum atomic E-state index is 12.0. The number of anilines is 1. The van der Waals surface area contributed by atoms with E-state index in [-0.39, 0.29) is 28.2 Å². The molecule has 2 aromatic rings. The number of benzene rings is 2. The molecule has 2 rings (SSSR count). The van der Waals surface area contributed by atoms with Crippen LogP contribution < -0.4 is 11.1 Å². The number of aliphatic hydroxyl groups is 1. The summed E-state index contributed by atoms with van der Waals surface area (Å²) in [6, 6.07) is 11.9. The zero-order valence-electron chi connectivity index (χ0n) is 11.0. The monoisotopic (exact) mass is 324 g/mol. The summed E-state index contributed by atoms with van der Waals surface area (Å²) < 4.78 is 0. The Morgan fingerprint density at radius 3 is 2.33 bits per heavy atom. The average Bonchev–Trinajstić information content (AvgIpc) is 2.50. The highest BCUT2D eigenvalue weighted by Gasteiger charge is 2.13. The van der Waals surface area contributed by atoms with Gasteiger partial charge in [-0.25, -0.2) is 0 Å². The van der Waals surface area contributed by atoms with Crippen molar-refractivity contribution in [3.8, 4) is 0 Å². The fourth-order valence-corrected chi connectivity index (χ4v) is 2.29. The van der Waals surface area contributed by atoms with Crippen molar-refractivity contribution >= 4 is 34.8 Å². The number of nitrogen functional groups attached to an aromatic ring is 1. The zero-order chi connectivity index (χ0) is 15.4. The number of rotatable bonds is 4. The summed E-state index contributed by atoms with van der Waals surface area (Å²) in [6.45, 7) is 0.0858. The Morgan fingerprint density at radius 1 is 1.19 bits per heavy atom. The van der Waals surface area contributed by atoms with Crippen molar-refractivity contribution in [3.63, 3.8) is 0 Å². The lowest BCUT2D eigenvalue weighted by Crippen LogP contribution is -2.28. The van der Waals surface area contributed by atoms with Gasteiger partial charge >= 0.3 is 0 Å². The molecule has 4 nitrogen and oxygen atoms in total. The van der Waals surface area contributed by atoms with Crippen LogP contribution in [0.25, 0.3) is 0 Å². The SMILES string of the molecule is Nc1c(Cl)cc(C(=O)NCC(O)c2ccccc2)cc1Cl. The van der Waals surface area contributed by atoms with Crippen molar-refractivity contribution in [1.82, 2.24) is 5.32 Å². The van der Waals surface area contributed by atoms with Crippen molar-refractivity contribution in [3.05, 3.63) is 63.6 Å². The number of aliphatic hydroxyl groups excluding tert-OH is 1. The Labute approximate surface area is 132 Å². The van der Waals surface area contributed by atoms with E-state index in [4.69, 9.17) is 28.9 Å². The average molecular weight is 325 g/mol. The molecule has 0 fully saturated rings. The van der Waals surface area contributed by atoms with Gasteiger partial charge in [-0.1, -0.05) is 53.5 Å². The Kier molecular flexibility index (Phi) is 5.07. The van der Waals surface area contributed by atoms with Crippen LogP contribution in [0.15, 0.2) is 42.5 Å². The van der Waals surface area contributed by atoms with Crippen LogP contribution in [0.1, 0.15) is 22.0 Å². The summed E-state index contributed by atoms with van der Waals surface area (Å²) in [6.07, 6.45) is -0.783. The van der Waals surface area contributed by atoms with Gasteiger partial charge in [0.25, 0.3) is 5.91 Å². The maximum absolute atomic E-state index is 12.0. The second-order valence-electron chi connectivity index (χ2n) is 4.49. The van der Waals surface area contributed by atoms with Crippen LogP contribution in [-0.4, -0.2) is 17.6 Å². The molecule has 0 saturated heterocycles. The molecule has 0 heterocycles. The minimum Gasteiger partial charge on any atom is -0.396 e. The van der Waals surface area contributed by atoms with E-state index in [9.17, 15) is 9.90 Å². The van der Waals surface area contributed by atoms with Crippen LogP contribution in [0, 0.1) is 0 Å². The largest absolute Gasteiger partial charge is 0.396 e. The maximum Gasteiger partial charge on any atom is 0.251 e. The molecule has 2 aromatic carbocycles. The summed E-state index contributed by atoms with van der Waals surface area (Å²) in [5.74, 6) is -0.381. The molecule has 110 valence electrons. The summed E-state index contributed by atoms with van der Waals surface area (Å²) >= 11 is 11.8. The third-order valence-corrected chi connectivity index (χ3v) is 3.61. The molecule has 0 aliphatic heterocycles. The van der Waals surface area contributed by atoms with Crippen molar-refractivity contribution in [1.29, 1.82) is 0 Å². The zero-order valence-corrected chi connectivity index (χ0v) is 12.5. The van der Waals surface area contributed by atoms with E-state index < -0.39 is 6.10 Å². The number of nitrogens with two attached hydrogens (primary N) is 1. The summed E-state index contributed by atoms with van der Waals surface area (Å²) in [7, 11) is 0. The first-order valence-corrected chi connectivity index (χ1v) is 7.00. The van der Waals surface area contributed by atoms with Gasteiger partial charge in [-0.15, -0.1) is 0 Å². The molecule has 1 atom stereocenters. The standard InChI is InChI=1S/C15H14Cl2N2O2/c16-11-6-10(7-12(17)14(11)18)15(21)19-8-13(20)9-4-2-1-3-5-9/h1-7,13,20H,8,18H2,(H,19,21). The molecule has 0 aliphatic rings. The van der Waals surface area contributed by atoms with Crippen molar-refractivity contribution in [2.45, 2.75) is 6.10 Å². The number of carbonyl (C=O) groups excluding carboxylic acids is 1. The first kappa shape index (κ1) is 15.6. The minimum atomic E-state index is -0.783. The van der Waals surface area contributed by atoms with E-state index in [1.54, 1.807) is 12.1 Å². The van der Waals surface area contributed by atoms with Crippen molar-refractivity contribution < 1.29 is 9.90 Å². The number of carbonyl (C=O) groups is 1. The number of hydrogen-bond acceptors (Lipinski definition) is 3. The highest BCUT2D eigenvalue weighted by atomic mass is 35.5. The van der Waals surface area contributed by atoms with Gasteiger partial charge < -0.3 is 16.2 Å². The van der Waals surface area contributed by atoms with Crippen LogP contribution in [0.3, 0.4) is 0 Å². The normalized spacial score (nSPS) is 12.0. The lowest BCUT2D eigenvalue weighted by Gasteiger charge is -2.13. The lowest BCUT2D eigenvalue weighted by atomic mass is 10.1. The molecule has 1 amide bonds. The van der Waals surface area contributed by atoms with Gasteiger partial charge in [0.1, 0.15) is 0 Å². The molecule has 0 spiro atoms. The second kappa shape index (κ2) is 6.80. The minimum absolute atomic E-state index is 0.0858. The van der Waals surface area contributed by atoms with Crippen molar-refractivity contribution in [2.75, 3.05) is 12.3 Å². The third-order valence-electron chi connectivity index (χ3n) is 2.98. The fourth-order valence-electron chi connectivity index (χ4n) is 1.80. The molecule has 21 heavy (non-hydrogen) atoms. The molecular formula is C15H14Cl2N2O2. The van der Waals surface area contributed by atoms with Gasteiger partial charge in [-0.05, 0) is 17.7 Å². The highest BCUT2D eigenvalue weighted by molar-refractivity contribution is 6.39. The van der Waals surface area contributed by atoms with Crippen LogP contribution >= 0.6 is 23.2 Å². The molecule has 0 radical (unpaired) electrons. The smallest absolute Gasteiger partial charge is 0.251 e. The molecule has 0 saturated carbocycles. The second-order valence-corrected chi connectivity index (χ2v) is 5.30. The number of nitrogens with one attached hydrogen (secondary N) is 1. The van der Waals surface area contributed by atoms with E-state index in [0.717, 1.165) is 5.56 Å². The van der Waals surface area contributed by atoms with E-state index in [2.05, 4.69) is 5.32 Å². The van der Waals surface area contributed by atoms with E-state index >= 15 is 0 Å². The Morgan fingerprint density at radius 2 is 1.76 bits per heavy atom. The number of hydrogen-bond donors (Lipinski definition) is 3. The highest BCUT2D eigenvalue weighted by Crippen LogP contribution is 2.28. The molecule has 0 aliphatic carbocycles. The molecule has 0 bridgehead atoms. The van der Waals surface area contributed by atoms with Gasteiger partial charge in [0.2, 0.25) is 0 Å². The first-order chi connectivity index (χ1) is 9.99. The summed E-state index contributed by atoms with van der Waals surface area (Å²) in [4.78, 5) is 12.0. The Hall–Kier alpha value is -1.75. The van der Waals surface area contributed by atoms with Crippen molar-refractivity contribution in [2.24, 2.45) is 0 Å². The van der Waals surface area contributed by atoms with Gasteiger partial charge in [0.15, 0.2) is 0 Å². The lowest BCUT2D eigenvalue weighted by molar-refractivity contribution is 0.0916. The van der Waals surface area contributed by atoms with Gasteiger partial charge in [0, 0.05) is 12.1 Å². The Bertz CT molecular complexity index is 624. The number of amides is 1. The number of halogens is 2. The van der Waals surface area contributed by atoms with Crippen LogP contribution in [0.5, 0.6) is 0 Å². The third kappa shape index (κ3) is 3.88. The van der Waals surface area contributed by atoms with E-state index in [1.807, 2.05) is 18.2 Å². The van der Waals surface area contributed by atoms with Gasteiger partial charge in [-0.2, -0.15) is 0 Å². The van der Waals surface area contributed by atoms with E-state index in [1.165, 1.54) is 12.1 Å². The van der Waals surface area contributed by atoms with Crippen LogP contribution in [-0.2, 0) is 0 Å². The summed E-state index contributed by atoms with van der Waals surface area (Å²) in [5.41, 5.74) is 6.87. The van der Waals surface area contributed by atoms with Gasteiger partial charge in [0.05, 0.1) is 21.8 Å². The summed E-state index contributed by atoms with van der Waals surface area (Å²) in [5, 5.41) is 13.0.